The van der Waals surface area contributed by atoms with Gasteiger partial charge in [0, 0.05) is 12.3 Å². The van der Waals surface area contributed by atoms with Crippen LogP contribution >= 0.6 is 11.5 Å². The molecule has 1 aromatic rings. The van der Waals surface area contributed by atoms with E-state index in [1.54, 1.807) is 0 Å². The van der Waals surface area contributed by atoms with Crippen LogP contribution < -0.4 is 11.1 Å². The summed E-state index contributed by atoms with van der Waals surface area (Å²) < 4.78 is 27.0. The fourth-order valence-corrected chi connectivity index (χ4v) is 3.82. The highest BCUT2D eigenvalue weighted by Gasteiger charge is 2.30. The lowest BCUT2D eigenvalue weighted by atomic mass is 10.2. The summed E-state index contributed by atoms with van der Waals surface area (Å²) in [6, 6.07) is 0.278. The Bertz CT molecular complexity index is 491. The molecule has 1 unspecified atom stereocenters. The van der Waals surface area contributed by atoms with E-state index >= 15 is 0 Å². The van der Waals surface area contributed by atoms with Crippen LogP contribution in [-0.4, -0.2) is 25.1 Å². The van der Waals surface area contributed by atoms with Gasteiger partial charge in [0.05, 0.1) is 0 Å². The van der Waals surface area contributed by atoms with Gasteiger partial charge in [-0.2, -0.15) is 4.37 Å². The summed E-state index contributed by atoms with van der Waals surface area (Å²) >= 11 is 1.11. The van der Waals surface area contributed by atoms with E-state index in [1.807, 2.05) is 0 Å². The SMILES string of the molecule is CC(Nc1snc(N)c1S(C)(=O)=O)C1CC1. The Balaban J connectivity index is 2.27. The first-order valence-corrected chi connectivity index (χ1v) is 7.78. The summed E-state index contributed by atoms with van der Waals surface area (Å²) in [5.41, 5.74) is 5.58. The second kappa shape index (κ2) is 3.89. The lowest BCUT2D eigenvalue weighted by Gasteiger charge is -2.13. The molecule has 1 atom stereocenters. The maximum Gasteiger partial charge on any atom is 0.182 e. The smallest absolute Gasteiger partial charge is 0.182 e. The van der Waals surface area contributed by atoms with Crippen molar-refractivity contribution in [3.05, 3.63) is 0 Å². The van der Waals surface area contributed by atoms with Crippen LogP contribution in [-0.2, 0) is 9.84 Å². The number of nitrogens with one attached hydrogen (secondary N) is 1. The zero-order valence-electron chi connectivity index (χ0n) is 9.23. The molecule has 1 aliphatic rings. The summed E-state index contributed by atoms with van der Waals surface area (Å²) in [5, 5.41) is 3.77. The zero-order chi connectivity index (χ0) is 11.9. The number of rotatable bonds is 4. The molecule has 5 nitrogen and oxygen atoms in total. The predicted octanol–water partition coefficient (Wildman–Crippen LogP) is 1.34. The Kier molecular flexibility index (Phi) is 2.83. The maximum atomic E-state index is 11.5. The molecule has 1 heterocycles. The summed E-state index contributed by atoms with van der Waals surface area (Å²) in [6.45, 7) is 2.06. The Labute approximate surface area is 99.1 Å². The van der Waals surface area contributed by atoms with Crippen molar-refractivity contribution >= 4 is 32.2 Å². The average Bonchev–Trinajstić information content (AvgIpc) is 2.90. The summed E-state index contributed by atoms with van der Waals surface area (Å²) in [7, 11) is -3.31. The molecular weight excluding hydrogens is 246 g/mol. The number of nitrogen functional groups attached to an aromatic ring is 1. The lowest BCUT2D eigenvalue weighted by Crippen LogP contribution is -2.18. The topological polar surface area (TPSA) is 85.1 Å². The van der Waals surface area contributed by atoms with E-state index in [2.05, 4.69) is 16.6 Å². The number of sulfone groups is 1. The van der Waals surface area contributed by atoms with Gasteiger partial charge in [0.15, 0.2) is 15.7 Å². The van der Waals surface area contributed by atoms with Crippen molar-refractivity contribution in [3.8, 4) is 0 Å². The molecule has 90 valence electrons. The van der Waals surface area contributed by atoms with E-state index in [9.17, 15) is 8.42 Å². The van der Waals surface area contributed by atoms with Gasteiger partial charge < -0.3 is 11.1 Å². The quantitative estimate of drug-likeness (QED) is 0.854. The van der Waals surface area contributed by atoms with Gasteiger partial charge >= 0.3 is 0 Å². The van der Waals surface area contributed by atoms with E-state index < -0.39 is 9.84 Å². The molecule has 7 heteroatoms. The number of nitrogens with two attached hydrogens (primary N) is 1. The first kappa shape index (κ1) is 11.7. The van der Waals surface area contributed by atoms with Crippen molar-refractivity contribution in [2.24, 2.45) is 5.92 Å². The largest absolute Gasteiger partial charge is 0.382 e. The molecule has 3 N–H and O–H groups in total. The fraction of sp³-hybridized carbons (Fsp3) is 0.667. The van der Waals surface area contributed by atoms with E-state index in [0.29, 0.717) is 10.9 Å². The average molecular weight is 261 g/mol. The van der Waals surface area contributed by atoms with Gasteiger partial charge in [-0.15, -0.1) is 0 Å². The predicted molar refractivity (Wildman–Crippen MR) is 65.4 cm³/mol. The molecule has 1 saturated carbocycles. The molecular formula is C9H15N3O2S2. The standard InChI is InChI=1S/C9H15N3O2S2/c1-5(6-3-4-6)11-9-7(16(2,13)14)8(10)12-15-9/h5-6,11H,3-4H2,1-2H3,(H2,10,12). The molecule has 0 aliphatic heterocycles. The molecule has 0 spiro atoms. The minimum Gasteiger partial charge on any atom is -0.382 e. The molecule has 0 aromatic carbocycles. The minimum absolute atomic E-state index is 0.0954. The van der Waals surface area contributed by atoms with Crippen molar-refractivity contribution in [1.82, 2.24) is 4.37 Å². The van der Waals surface area contributed by atoms with Crippen LogP contribution in [0.3, 0.4) is 0 Å². The third kappa shape index (κ3) is 2.30. The maximum absolute atomic E-state index is 11.5. The van der Waals surface area contributed by atoms with Gasteiger partial charge in [0.2, 0.25) is 0 Å². The normalized spacial score (nSPS) is 18.4. The van der Waals surface area contributed by atoms with Crippen LogP contribution in [0.1, 0.15) is 19.8 Å². The third-order valence-electron chi connectivity index (χ3n) is 2.73. The molecule has 1 aromatic heterocycles. The van der Waals surface area contributed by atoms with Crippen molar-refractivity contribution in [3.63, 3.8) is 0 Å². The van der Waals surface area contributed by atoms with Gasteiger partial charge in [-0.25, -0.2) is 8.42 Å². The molecule has 0 amide bonds. The molecule has 0 bridgehead atoms. The Morgan fingerprint density at radius 3 is 2.69 bits per heavy atom. The Morgan fingerprint density at radius 1 is 1.56 bits per heavy atom. The highest BCUT2D eigenvalue weighted by molar-refractivity contribution is 7.91. The van der Waals surface area contributed by atoms with Crippen LogP contribution in [0.5, 0.6) is 0 Å². The number of anilines is 2. The highest BCUT2D eigenvalue weighted by Crippen LogP contribution is 2.37. The number of hydrogen-bond donors (Lipinski definition) is 2. The number of aromatic nitrogens is 1. The van der Waals surface area contributed by atoms with Crippen LogP contribution in [0, 0.1) is 5.92 Å². The fourth-order valence-electron chi connectivity index (χ4n) is 1.67. The number of nitrogens with zero attached hydrogens (tertiary/aromatic N) is 1. The second-order valence-corrected chi connectivity index (χ2v) is 6.99. The first-order valence-electron chi connectivity index (χ1n) is 5.11. The van der Waals surface area contributed by atoms with Gasteiger partial charge in [-0.3, -0.25) is 0 Å². The van der Waals surface area contributed by atoms with Crippen molar-refractivity contribution in [1.29, 1.82) is 0 Å². The molecule has 1 fully saturated rings. The monoisotopic (exact) mass is 261 g/mol. The van der Waals surface area contributed by atoms with Crippen molar-refractivity contribution in [2.45, 2.75) is 30.7 Å². The minimum atomic E-state index is -3.31. The summed E-state index contributed by atoms with van der Waals surface area (Å²) in [6.07, 6.45) is 3.56. The summed E-state index contributed by atoms with van der Waals surface area (Å²) in [5.74, 6) is 0.744. The molecule has 0 radical (unpaired) electrons. The molecule has 0 saturated heterocycles. The van der Waals surface area contributed by atoms with Gasteiger partial charge in [0.25, 0.3) is 0 Å². The van der Waals surface area contributed by atoms with Gasteiger partial charge in [-0.05, 0) is 37.2 Å². The van der Waals surface area contributed by atoms with Gasteiger partial charge in [-0.1, -0.05) is 0 Å². The van der Waals surface area contributed by atoms with E-state index in [0.717, 1.165) is 17.8 Å². The zero-order valence-corrected chi connectivity index (χ0v) is 10.9. The first-order chi connectivity index (χ1) is 7.39. The Morgan fingerprint density at radius 2 is 2.19 bits per heavy atom. The third-order valence-corrected chi connectivity index (χ3v) is 4.81. The number of hydrogen-bond acceptors (Lipinski definition) is 6. The second-order valence-electron chi connectivity index (χ2n) is 4.27. The van der Waals surface area contributed by atoms with Crippen LogP contribution in [0.2, 0.25) is 0 Å². The van der Waals surface area contributed by atoms with Crippen LogP contribution in [0.15, 0.2) is 4.90 Å². The van der Waals surface area contributed by atoms with Gasteiger partial charge in [0.1, 0.15) is 9.90 Å². The van der Waals surface area contributed by atoms with E-state index in [4.69, 9.17) is 5.73 Å². The molecule has 2 rings (SSSR count). The molecule has 1 aliphatic carbocycles. The van der Waals surface area contributed by atoms with Crippen molar-refractivity contribution < 1.29 is 8.42 Å². The molecule has 16 heavy (non-hydrogen) atoms. The van der Waals surface area contributed by atoms with E-state index in [1.165, 1.54) is 12.8 Å². The highest BCUT2D eigenvalue weighted by atomic mass is 32.2. The van der Waals surface area contributed by atoms with E-state index in [-0.39, 0.29) is 16.8 Å². The van der Waals surface area contributed by atoms with Crippen LogP contribution in [0.4, 0.5) is 10.8 Å². The van der Waals surface area contributed by atoms with Crippen LogP contribution in [0.25, 0.3) is 0 Å². The van der Waals surface area contributed by atoms with Crippen molar-refractivity contribution in [2.75, 3.05) is 17.3 Å². The Hall–Kier alpha value is -0.820. The lowest BCUT2D eigenvalue weighted by molar-refractivity contribution is 0.602. The summed E-state index contributed by atoms with van der Waals surface area (Å²) in [4.78, 5) is 0.144.